The van der Waals surface area contributed by atoms with Crippen LogP contribution >= 0.6 is 23.2 Å². The molecule has 3 atom stereocenters. The van der Waals surface area contributed by atoms with Crippen molar-refractivity contribution in [3.05, 3.63) is 33.8 Å². The van der Waals surface area contributed by atoms with E-state index in [1.54, 1.807) is 18.2 Å². The summed E-state index contributed by atoms with van der Waals surface area (Å²) in [5, 5.41) is 11.1. The number of halogens is 2. The third-order valence-electron chi connectivity index (χ3n) is 4.75. The number of rotatable bonds is 2. The summed E-state index contributed by atoms with van der Waals surface area (Å²) in [5.74, 6) is 0.167. The van der Waals surface area contributed by atoms with E-state index in [0.29, 0.717) is 15.6 Å². The van der Waals surface area contributed by atoms with E-state index in [1.807, 2.05) is 4.90 Å². The van der Waals surface area contributed by atoms with Crippen LogP contribution in [-0.4, -0.2) is 34.6 Å². The third-order valence-corrected chi connectivity index (χ3v) is 5.30. The van der Waals surface area contributed by atoms with Crippen LogP contribution in [0, 0.1) is 5.92 Å². The van der Waals surface area contributed by atoms with Gasteiger partial charge in [0.2, 0.25) is 0 Å². The van der Waals surface area contributed by atoms with E-state index in [-0.39, 0.29) is 24.0 Å². The maximum atomic E-state index is 12.8. The number of hydrogen-bond donors (Lipinski definition) is 1. The average molecular weight is 328 g/mol. The zero-order valence-electron chi connectivity index (χ0n) is 11.8. The van der Waals surface area contributed by atoms with E-state index in [9.17, 15) is 9.90 Å². The van der Waals surface area contributed by atoms with Crippen LogP contribution < -0.4 is 0 Å². The van der Waals surface area contributed by atoms with Crippen molar-refractivity contribution in [1.29, 1.82) is 0 Å². The smallest absolute Gasteiger partial charge is 0.255 e. The second-order valence-corrected chi connectivity index (χ2v) is 6.84. The quantitative estimate of drug-likeness (QED) is 0.898. The average Bonchev–Trinajstić information content (AvgIpc) is 3.06. The van der Waals surface area contributed by atoms with Gasteiger partial charge in [-0.05, 0) is 43.9 Å². The van der Waals surface area contributed by atoms with E-state index < -0.39 is 0 Å². The number of likely N-dealkylation sites (tertiary alicyclic amines) is 1. The Morgan fingerprint density at radius 2 is 2.00 bits per heavy atom. The number of amides is 1. The molecule has 3 rings (SSSR count). The fourth-order valence-corrected chi connectivity index (χ4v) is 4.21. The van der Waals surface area contributed by atoms with Gasteiger partial charge in [-0.3, -0.25) is 4.79 Å². The minimum absolute atomic E-state index is 0.0433. The summed E-state index contributed by atoms with van der Waals surface area (Å²) in [7, 11) is 0. The van der Waals surface area contributed by atoms with Crippen molar-refractivity contribution in [3.8, 4) is 0 Å². The summed E-state index contributed by atoms with van der Waals surface area (Å²) in [6.45, 7) is 0.742. The highest BCUT2D eigenvalue weighted by Gasteiger charge is 2.40. The lowest BCUT2D eigenvalue weighted by Gasteiger charge is -2.31. The van der Waals surface area contributed by atoms with Gasteiger partial charge < -0.3 is 10.0 Å². The summed E-state index contributed by atoms with van der Waals surface area (Å²) in [4.78, 5) is 14.7. The highest BCUT2D eigenvalue weighted by molar-refractivity contribution is 6.36. The normalized spacial score (nSPS) is 29.1. The SMILES string of the molecule is O=C(c1ccc(Cl)cc1Cl)N1CCCC1C1CCCC1O. The Morgan fingerprint density at radius 3 is 2.67 bits per heavy atom. The van der Waals surface area contributed by atoms with Crippen LogP contribution in [0.3, 0.4) is 0 Å². The zero-order chi connectivity index (χ0) is 15.0. The Kier molecular flexibility index (Phi) is 4.43. The maximum absolute atomic E-state index is 12.8. The van der Waals surface area contributed by atoms with Crippen LogP contribution in [0.5, 0.6) is 0 Å². The van der Waals surface area contributed by atoms with Crippen LogP contribution in [0.2, 0.25) is 10.0 Å². The predicted molar refractivity (Wildman–Crippen MR) is 83.9 cm³/mol. The van der Waals surface area contributed by atoms with Crippen molar-refractivity contribution in [1.82, 2.24) is 4.90 Å². The second kappa shape index (κ2) is 6.15. The van der Waals surface area contributed by atoms with Crippen LogP contribution in [0.25, 0.3) is 0 Å². The fourth-order valence-electron chi connectivity index (χ4n) is 3.73. The van der Waals surface area contributed by atoms with Gasteiger partial charge in [-0.15, -0.1) is 0 Å². The number of carbonyl (C=O) groups excluding carboxylic acids is 1. The molecule has 1 aromatic rings. The Bertz CT molecular complexity index is 549. The Hall–Kier alpha value is -0.770. The lowest BCUT2D eigenvalue weighted by atomic mass is 9.93. The molecule has 5 heteroatoms. The summed E-state index contributed by atoms with van der Waals surface area (Å²) in [6, 6.07) is 5.12. The molecular formula is C16H19Cl2NO2. The van der Waals surface area contributed by atoms with Crippen molar-refractivity contribution >= 4 is 29.1 Å². The first-order valence-corrected chi connectivity index (χ1v) is 8.27. The first kappa shape index (κ1) is 15.1. The molecule has 0 spiro atoms. The molecule has 1 amide bonds. The van der Waals surface area contributed by atoms with E-state index >= 15 is 0 Å². The van der Waals surface area contributed by atoms with Crippen molar-refractivity contribution in [3.63, 3.8) is 0 Å². The molecule has 21 heavy (non-hydrogen) atoms. The van der Waals surface area contributed by atoms with Gasteiger partial charge in [0.25, 0.3) is 5.91 Å². The molecule has 2 fully saturated rings. The molecule has 1 saturated heterocycles. The maximum Gasteiger partial charge on any atom is 0.255 e. The van der Waals surface area contributed by atoms with Crippen LogP contribution in [0.1, 0.15) is 42.5 Å². The van der Waals surface area contributed by atoms with Crippen LogP contribution in [0.4, 0.5) is 0 Å². The van der Waals surface area contributed by atoms with Crippen molar-refractivity contribution in [2.24, 2.45) is 5.92 Å². The molecule has 1 N–H and O–H groups in total. The lowest BCUT2D eigenvalue weighted by molar-refractivity contribution is 0.0528. The third kappa shape index (κ3) is 2.92. The standard InChI is InChI=1S/C16H19Cl2NO2/c17-10-6-7-11(13(18)9-10)16(21)19-8-2-4-14(19)12-3-1-5-15(12)20/h6-7,9,12,14-15,20H,1-5,8H2. The van der Waals surface area contributed by atoms with Crippen molar-refractivity contribution in [2.75, 3.05) is 6.54 Å². The molecule has 0 aromatic heterocycles. The van der Waals surface area contributed by atoms with E-state index in [2.05, 4.69) is 0 Å². The minimum atomic E-state index is -0.274. The summed E-state index contributed by atoms with van der Waals surface area (Å²) < 4.78 is 0. The van der Waals surface area contributed by atoms with Gasteiger partial charge >= 0.3 is 0 Å². The molecule has 2 aliphatic rings. The largest absolute Gasteiger partial charge is 0.393 e. The summed E-state index contributed by atoms with van der Waals surface area (Å²) in [5.41, 5.74) is 0.500. The lowest BCUT2D eigenvalue weighted by Crippen LogP contribution is -2.42. The molecule has 1 aromatic carbocycles. The summed E-state index contributed by atoms with van der Waals surface area (Å²) >= 11 is 12.0. The van der Waals surface area contributed by atoms with Gasteiger partial charge in [0, 0.05) is 23.5 Å². The molecule has 1 aliphatic heterocycles. The number of nitrogens with zero attached hydrogens (tertiary/aromatic N) is 1. The van der Waals surface area contributed by atoms with Crippen molar-refractivity contribution < 1.29 is 9.90 Å². The molecule has 1 aliphatic carbocycles. The molecule has 0 radical (unpaired) electrons. The number of aliphatic hydroxyl groups excluding tert-OH is 1. The zero-order valence-corrected chi connectivity index (χ0v) is 13.3. The number of aliphatic hydroxyl groups is 1. The molecular weight excluding hydrogens is 309 g/mol. The van der Waals surface area contributed by atoms with Gasteiger partial charge in [-0.25, -0.2) is 0 Å². The molecule has 3 unspecified atom stereocenters. The van der Waals surface area contributed by atoms with Gasteiger partial charge in [-0.1, -0.05) is 29.6 Å². The minimum Gasteiger partial charge on any atom is -0.393 e. The number of hydrogen-bond acceptors (Lipinski definition) is 2. The van der Waals surface area contributed by atoms with Crippen molar-refractivity contribution in [2.45, 2.75) is 44.2 Å². The summed E-state index contributed by atoms with van der Waals surface area (Å²) in [6.07, 6.45) is 4.59. The van der Waals surface area contributed by atoms with Gasteiger partial charge in [0.15, 0.2) is 0 Å². The first-order valence-electron chi connectivity index (χ1n) is 7.52. The van der Waals surface area contributed by atoms with Gasteiger partial charge in [0.05, 0.1) is 16.7 Å². The van der Waals surface area contributed by atoms with Gasteiger partial charge in [0.1, 0.15) is 0 Å². The Balaban J connectivity index is 1.82. The van der Waals surface area contributed by atoms with Crippen LogP contribution in [0.15, 0.2) is 18.2 Å². The van der Waals surface area contributed by atoms with E-state index in [4.69, 9.17) is 23.2 Å². The van der Waals surface area contributed by atoms with E-state index in [0.717, 1.165) is 38.6 Å². The Labute approximate surface area is 134 Å². The molecule has 0 bridgehead atoms. The van der Waals surface area contributed by atoms with Gasteiger partial charge in [-0.2, -0.15) is 0 Å². The number of carbonyl (C=O) groups is 1. The van der Waals surface area contributed by atoms with Crippen LogP contribution in [-0.2, 0) is 0 Å². The second-order valence-electron chi connectivity index (χ2n) is 5.99. The topological polar surface area (TPSA) is 40.5 Å². The predicted octanol–water partition coefficient (Wildman–Crippen LogP) is 3.76. The highest BCUT2D eigenvalue weighted by atomic mass is 35.5. The number of benzene rings is 1. The van der Waals surface area contributed by atoms with E-state index in [1.165, 1.54) is 0 Å². The molecule has 1 heterocycles. The highest BCUT2D eigenvalue weighted by Crippen LogP contribution is 2.37. The first-order chi connectivity index (χ1) is 10.1. The molecule has 3 nitrogen and oxygen atoms in total. The molecule has 1 saturated carbocycles. The molecule has 114 valence electrons. The monoisotopic (exact) mass is 327 g/mol. The fraction of sp³-hybridized carbons (Fsp3) is 0.562. The Morgan fingerprint density at radius 1 is 1.19 bits per heavy atom.